The second kappa shape index (κ2) is 18.8. The van der Waals surface area contributed by atoms with Crippen molar-refractivity contribution in [2.45, 2.75) is 116 Å². The van der Waals surface area contributed by atoms with Crippen molar-refractivity contribution in [3.05, 3.63) is 302 Å². The van der Waals surface area contributed by atoms with Crippen molar-refractivity contribution in [1.82, 2.24) is 0 Å². The fraction of sp³-hybridized carbons (Fsp3) is 0.231. The van der Waals surface area contributed by atoms with E-state index in [1.54, 1.807) is 0 Å². The van der Waals surface area contributed by atoms with Crippen LogP contribution in [0.3, 0.4) is 0 Å². The summed E-state index contributed by atoms with van der Waals surface area (Å²) in [4.78, 5) is 2.41. The molecule has 0 aliphatic heterocycles. The third-order valence-electron chi connectivity index (χ3n) is 20.4. The minimum absolute atomic E-state index is 0.103. The second-order valence-electron chi connectivity index (χ2n) is 25.8. The molecular formula is C78H75N. The molecule has 0 radical (unpaired) electrons. The van der Waals surface area contributed by atoms with Gasteiger partial charge in [-0.3, -0.25) is 0 Å². The lowest BCUT2D eigenvalue weighted by Gasteiger charge is -2.42. The van der Waals surface area contributed by atoms with Crippen molar-refractivity contribution in [3.8, 4) is 0 Å². The summed E-state index contributed by atoms with van der Waals surface area (Å²) in [5.41, 5.74) is 26.0. The maximum absolute atomic E-state index is 2.41. The highest BCUT2D eigenvalue weighted by atomic mass is 15.1. The van der Waals surface area contributed by atoms with Gasteiger partial charge >= 0.3 is 0 Å². The summed E-state index contributed by atoms with van der Waals surface area (Å²) < 4.78 is 0. The summed E-state index contributed by atoms with van der Waals surface area (Å²) in [6.07, 6.45) is 7.23. The molecule has 0 saturated heterocycles. The van der Waals surface area contributed by atoms with E-state index in [0.717, 1.165) is 33.8 Å². The largest absolute Gasteiger partial charge is 0.311 e. The van der Waals surface area contributed by atoms with Gasteiger partial charge in [0.1, 0.15) is 0 Å². The SMILES string of the molecule is CC1(C)c2ccccc2C(=Cc2ccc(N(c3ccc(C=C4c5ccccc5C(C)(C)C(C)(C)c5ccccc54)cc3)c3ccc(C=C4c5ccccc5C(C)(C)C(C)(C)c5ccccc54)cc3)cc2)c2ccccc2C1(C)C. The van der Waals surface area contributed by atoms with Crippen LogP contribution in [0.25, 0.3) is 34.9 Å². The van der Waals surface area contributed by atoms with Crippen LogP contribution >= 0.6 is 0 Å². The predicted molar refractivity (Wildman–Crippen MR) is 339 cm³/mol. The third kappa shape index (κ3) is 8.17. The zero-order chi connectivity index (χ0) is 55.3. The lowest BCUT2D eigenvalue weighted by Crippen LogP contribution is -2.40. The molecule has 0 aromatic heterocycles. The molecule has 0 unspecified atom stereocenters. The molecule has 0 saturated carbocycles. The maximum Gasteiger partial charge on any atom is 0.0462 e. The Balaban J connectivity index is 0.980. The van der Waals surface area contributed by atoms with Crippen molar-refractivity contribution in [2.24, 2.45) is 0 Å². The van der Waals surface area contributed by atoms with E-state index in [9.17, 15) is 0 Å². The number of anilines is 3. The first-order valence-electron chi connectivity index (χ1n) is 28.6. The number of hydrogen-bond donors (Lipinski definition) is 0. The van der Waals surface area contributed by atoms with Gasteiger partial charge < -0.3 is 4.90 Å². The molecule has 0 heterocycles. The summed E-state index contributed by atoms with van der Waals surface area (Å²) in [7, 11) is 0. The van der Waals surface area contributed by atoms with Gasteiger partial charge in [-0.15, -0.1) is 0 Å². The molecule has 0 bridgehead atoms. The molecule has 0 atom stereocenters. The lowest BCUT2D eigenvalue weighted by atomic mass is 9.61. The van der Waals surface area contributed by atoms with Gasteiger partial charge in [-0.25, -0.2) is 0 Å². The van der Waals surface area contributed by atoms with Crippen LogP contribution in [-0.2, 0) is 32.5 Å². The van der Waals surface area contributed by atoms with Gasteiger partial charge in [-0.1, -0.05) is 265 Å². The van der Waals surface area contributed by atoms with Crippen molar-refractivity contribution in [2.75, 3.05) is 4.90 Å². The van der Waals surface area contributed by atoms with Gasteiger partial charge in [-0.05, 0) is 187 Å². The van der Waals surface area contributed by atoms with Gasteiger partial charge in [0.15, 0.2) is 0 Å². The summed E-state index contributed by atoms with van der Waals surface area (Å²) in [5, 5.41) is 0. The Hall–Kier alpha value is -8.00. The average Bonchev–Trinajstić information content (AvgIpc) is 3.67. The Bertz CT molecular complexity index is 3330. The zero-order valence-corrected chi connectivity index (χ0v) is 48.5. The van der Waals surface area contributed by atoms with Crippen LogP contribution in [0.1, 0.15) is 167 Å². The molecule has 0 N–H and O–H groups in total. The zero-order valence-electron chi connectivity index (χ0n) is 48.5. The first-order valence-corrected chi connectivity index (χ1v) is 28.6. The van der Waals surface area contributed by atoms with Gasteiger partial charge in [0.25, 0.3) is 0 Å². The highest BCUT2D eigenvalue weighted by Gasteiger charge is 2.47. The molecule has 392 valence electrons. The second-order valence-corrected chi connectivity index (χ2v) is 25.8. The molecule has 0 fully saturated rings. The Kier molecular flexibility index (Phi) is 12.3. The average molecular weight is 1030 g/mol. The maximum atomic E-state index is 2.41. The highest BCUT2D eigenvalue weighted by molar-refractivity contribution is 5.98. The first-order chi connectivity index (χ1) is 37.7. The highest BCUT2D eigenvalue weighted by Crippen LogP contribution is 2.55. The van der Waals surface area contributed by atoms with E-state index in [1.165, 1.54) is 83.5 Å². The molecule has 9 aromatic carbocycles. The minimum Gasteiger partial charge on any atom is -0.311 e. The normalized spacial score (nSPS) is 17.4. The van der Waals surface area contributed by atoms with Gasteiger partial charge in [0, 0.05) is 17.1 Å². The summed E-state index contributed by atoms with van der Waals surface area (Å²) in [6, 6.07) is 81.9. The molecule has 1 nitrogen and oxygen atoms in total. The van der Waals surface area contributed by atoms with Gasteiger partial charge in [-0.2, -0.15) is 0 Å². The summed E-state index contributed by atoms with van der Waals surface area (Å²) >= 11 is 0. The molecule has 3 aliphatic carbocycles. The number of benzene rings is 9. The van der Waals surface area contributed by atoms with E-state index in [0.29, 0.717) is 0 Å². The fourth-order valence-corrected chi connectivity index (χ4v) is 13.6. The fourth-order valence-electron chi connectivity index (χ4n) is 13.6. The van der Waals surface area contributed by atoms with Crippen LogP contribution in [-0.4, -0.2) is 0 Å². The Morgan fingerprint density at radius 2 is 0.380 bits per heavy atom. The van der Waals surface area contributed by atoms with Crippen LogP contribution in [0.5, 0.6) is 0 Å². The Morgan fingerprint density at radius 1 is 0.215 bits per heavy atom. The predicted octanol–water partition coefficient (Wildman–Crippen LogP) is 20.6. The number of fused-ring (bicyclic) bond motifs is 6. The molecular weight excluding hydrogens is 951 g/mol. The minimum atomic E-state index is -0.103. The van der Waals surface area contributed by atoms with E-state index in [2.05, 4.69) is 325 Å². The quantitative estimate of drug-likeness (QED) is 0.160. The van der Waals surface area contributed by atoms with Crippen LogP contribution < -0.4 is 4.90 Å². The Labute approximate surface area is 471 Å². The standard InChI is InChI=1S/C78H75N/c1-73(2)67-31-19-13-25-58(67)64(59-26-14-20-32-68(59)74(73,3)4)49-52-37-43-55(44-38-52)79(56-45-39-53(40-46-56)50-65-60-27-15-21-33-69(60)75(5,6)76(7,8)70-34-22-16-28-61(65)70)57-47-41-54(42-48-57)51-66-62-29-17-23-35-71(62)77(9,10)78(11,12)72-36-24-18-30-63(66)72/h13-51H,1-12H3. The molecule has 0 spiro atoms. The molecule has 0 amide bonds. The third-order valence-corrected chi connectivity index (χ3v) is 20.4. The smallest absolute Gasteiger partial charge is 0.0462 e. The van der Waals surface area contributed by atoms with Crippen LogP contribution in [0.2, 0.25) is 0 Å². The molecule has 79 heavy (non-hydrogen) atoms. The van der Waals surface area contributed by atoms with Crippen LogP contribution in [0.15, 0.2) is 218 Å². The summed E-state index contributed by atoms with van der Waals surface area (Å²) in [5.74, 6) is 0. The van der Waals surface area contributed by atoms with Crippen LogP contribution in [0, 0.1) is 0 Å². The number of nitrogens with zero attached hydrogens (tertiary/aromatic N) is 1. The van der Waals surface area contributed by atoms with E-state index in [4.69, 9.17) is 0 Å². The van der Waals surface area contributed by atoms with Crippen LogP contribution in [0.4, 0.5) is 17.1 Å². The monoisotopic (exact) mass is 1030 g/mol. The van der Waals surface area contributed by atoms with E-state index in [1.807, 2.05) is 0 Å². The first kappa shape index (κ1) is 51.7. The van der Waals surface area contributed by atoms with E-state index >= 15 is 0 Å². The van der Waals surface area contributed by atoms with Crippen molar-refractivity contribution in [1.29, 1.82) is 0 Å². The topological polar surface area (TPSA) is 3.24 Å². The molecule has 3 aliphatic rings. The number of rotatable bonds is 6. The Morgan fingerprint density at radius 3 is 0.557 bits per heavy atom. The molecule has 12 rings (SSSR count). The van der Waals surface area contributed by atoms with Crippen molar-refractivity contribution < 1.29 is 0 Å². The lowest BCUT2D eigenvalue weighted by molar-refractivity contribution is 0.304. The van der Waals surface area contributed by atoms with Crippen molar-refractivity contribution in [3.63, 3.8) is 0 Å². The van der Waals surface area contributed by atoms with Gasteiger partial charge in [0.05, 0.1) is 0 Å². The van der Waals surface area contributed by atoms with Crippen molar-refractivity contribution >= 4 is 52.0 Å². The van der Waals surface area contributed by atoms with E-state index < -0.39 is 0 Å². The molecule has 1 heteroatoms. The molecule has 9 aromatic rings. The summed E-state index contributed by atoms with van der Waals surface area (Å²) in [6.45, 7) is 28.9. The number of hydrogen-bond acceptors (Lipinski definition) is 1. The van der Waals surface area contributed by atoms with E-state index in [-0.39, 0.29) is 32.5 Å². The van der Waals surface area contributed by atoms with Gasteiger partial charge in [0.2, 0.25) is 0 Å².